The second kappa shape index (κ2) is 10.2. The number of ether oxygens (including phenoxy) is 1. The lowest BCUT2D eigenvalue weighted by Gasteiger charge is -2.29. The Morgan fingerprint density at radius 1 is 1.21 bits per heavy atom. The minimum absolute atomic E-state index is 0.0522. The number of aryl methyl sites for hydroxylation is 3. The van der Waals surface area contributed by atoms with Gasteiger partial charge in [0, 0.05) is 44.0 Å². The largest absolute Gasteiger partial charge is 0.381 e. The Morgan fingerprint density at radius 2 is 2.06 bits per heavy atom. The summed E-state index contributed by atoms with van der Waals surface area (Å²) in [5.41, 5.74) is 5.39. The van der Waals surface area contributed by atoms with Gasteiger partial charge in [0.1, 0.15) is 12.0 Å². The Hall–Kier alpha value is -3.13. The van der Waals surface area contributed by atoms with Gasteiger partial charge in [-0.3, -0.25) is 9.78 Å². The monoisotopic (exact) mass is 449 g/mol. The molecule has 2 unspecified atom stereocenters. The van der Waals surface area contributed by atoms with Crippen molar-refractivity contribution in [3.8, 4) is 11.4 Å². The highest BCUT2D eigenvalue weighted by Crippen LogP contribution is 2.32. The van der Waals surface area contributed by atoms with E-state index < -0.39 is 0 Å². The first kappa shape index (κ1) is 23.0. The van der Waals surface area contributed by atoms with Crippen LogP contribution in [0.1, 0.15) is 54.6 Å². The van der Waals surface area contributed by atoms with E-state index in [-0.39, 0.29) is 17.4 Å². The van der Waals surface area contributed by atoms with Crippen LogP contribution in [-0.2, 0) is 29.5 Å². The normalized spacial score (nSPS) is 18.4. The highest BCUT2D eigenvalue weighted by atomic mass is 16.5. The van der Waals surface area contributed by atoms with Crippen molar-refractivity contribution in [2.75, 3.05) is 13.2 Å². The van der Waals surface area contributed by atoms with E-state index in [1.165, 1.54) is 0 Å². The van der Waals surface area contributed by atoms with E-state index in [2.05, 4.69) is 23.3 Å². The third kappa shape index (κ3) is 5.11. The maximum absolute atomic E-state index is 12.5. The van der Waals surface area contributed by atoms with Crippen LogP contribution in [0.15, 0.2) is 35.3 Å². The van der Waals surface area contributed by atoms with Crippen molar-refractivity contribution in [3.05, 3.63) is 63.3 Å². The summed E-state index contributed by atoms with van der Waals surface area (Å²) in [6.07, 6.45) is 6.30. The number of rotatable bonds is 8. The summed E-state index contributed by atoms with van der Waals surface area (Å²) < 4.78 is 9.17. The summed E-state index contributed by atoms with van der Waals surface area (Å²) in [6.45, 7) is 5.78. The molecule has 0 bridgehead atoms. The number of carbonyl (C=O) groups excluding carboxylic acids is 1. The van der Waals surface area contributed by atoms with Crippen molar-refractivity contribution in [2.24, 2.45) is 13.0 Å². The van der Waals surface area contributed by atoms with Crippen LogP contribution in [0.3, 0.4) is 0 Å². The molecule has 174 valence electrons. The Balaban J connectivity index is 1.61. The molecule has 4 rings (SSSR count). The average molecular weight is 450 g/mol. The Kier molecular flexibility index (Phi) is 7.13. The molecule has 1 saturated heterocycles. The number of carbonyl (C=O) groups is 1. The number of pyridine rings is 2. The van der Waals surface area contributed by atoms with Crippen LogP contribution < -0.4 is 5.56 Å². The Morgan fingerprint density at radius 3 is 2.82 bits per heavy atom. The van der Waals surface area contributed by atoms with Crippen molar-refractivity contribution < 1.29 is 9.53 Å². The van der Waals surface area contributed by atoms with E-state index in [0.29, 0.717) is 31.9 Å². The van der Waals surface area contributed by atoms with Gasteiger partial charge < -0.3 is 14.1 Å². The number of hydrogen-bond acceptors (Lipinski definition) is 6. The van der Waals surface area contributed by atoms with Gasteiger partial charge in [0.15, 0.2) is 0 Å². The standard InChI is InChI=1S/C25H31N5O3/c1-4-5-18-6-9-24(32)30(13-18)14-23-25(27-28-29(23)3)22-8-7-21(17(2)26-22)20-12-19(10-11-31)15-33-16-20/h6-9,11,13,19-20H,4-5,10,12,14-16H2,1-3H3. The molecule has 0 aliphatic carbocycles. The molecule has 0 N–H and O–H groups in total. The Bertz CT molecular complexity index is 1180. The van der Waals surface area contributed by atoms with E-state index in [4.69, 9.17) is 9.72 Å². The minimum Gasteiger partial charge on any atom is -0.381 e. The van der Waals surface area contributed by atoms with Gasteiger partial charge >= 0.3 is 0 Å². The predicted octanol–water partition coefficient (Wildman–Crippen LogP) is 3.06. The molecule has 0 saturated carbocycles. The molecule has 8 nitrogen and oxygen atoms in total. The second-order valence-corrected chi connectivity index (χ2v) is 8.87. The molecule has 3 aromatic heterocycles. The second-order valence-electron chi connectivity index (χ2n) is 8.87. The van der Waals surface area contributed by atoms with Crippen molar-refractivity contribution in [2.45, 2.75) is 52.0 Å². The lowest BCUT2D eigenvalue weighted by molar-refractivity contribution is -0.109. The maximum atomic E-state index is 12.5. The first-order valence-electron chi connectivity index (χ1n) is 11.6. The van der Waals surface area contributed by atoms with Gasteiger partial charge in [-0.25, -0.2) is 4.68 Å². The van der Waals surface area contributed by atoms with Gasteiger partial charge in [0.25, 0.3) is 5.56 Å². The van der Waals surface area contributed by atoms with Crippen LogP contribution in [0.25, 0.3) is 11.4 Å². The highest BCUT2D eigenvalue weighted by molar-refractivity contribution is 5.58. The first-order chi connectivity index (χ1) is 16.0. The summed E-state index contributed by atoms with van der Waals surface area (Å²) in [4.78, 5) is 28.2. The zero-order valence-corrected chi connectivity index (χ0v) is 19.5. The summed E-state index contributed by atoms with van der Waals surface area (Å²) in [6, 6.07) is 7.57. The molecular formula is C25H31N5O3. The van der Waals surface area contributed by atoms with Crippen LogP contribution in [0, 0.1) is 12.8 Å². The fourth-order valence-electron chi connectivity index (χ4n) is 4.62. The SMILES string of the molecule is CCCc1ccc(=O)n(Cc2c(-c3ccc(C4COCC(CC=O)C4)c(C)n3)nnn2C)c1. The zero-order chi connectivity index (χ0) is 23.4. The van der Waals surface area contributed by atoms with Gasteiger partial charge in [-0.1, -0.05) is 30.7 Å². The van der Waals surface area contributed by atoms with Crippen molar-refractivity contribution >= 4 is 6.29 Å². The highest BCUT2D eigenvalue weighted by Gasteiger charge is 2.26. The van der Waals surface area contributed by atoms with Gasteiger partial charge in [0.05, 0.1) is 24.5 Å². The molecule has 1 fully saturated rings. The third-order valence-electron chi connectivity index (χ3n) is 6.38. The number of aldehydes is 1. The van der Waals surface area contributed by atoms with Gasteiger partial charge in [-0.05, 0) is 42.9 Å². The summed E-state index contributed by atoms with van der Waals surface area (Å²) in [5.74, 6) is 0.486. The van der Waals surface area contributed by atoms with E-state index in [1.54, 1.807) is 15.3 Å². The molecule has 0 radical (unpaired) electrons. The zero-order valence-electron chi connectivity index (χ0n) is 19.5. The van der Waals surface area contributed by atoms with Crippen LogP contribution in [0.5, 0.6) is 0 Å². The van der Waals surface area contributed by atoms with Gasteiger partial charge in [-0.15, -0.1) is 5.10 Å². The maximum Gasteiger partial charge on any atom is 0.250 e. The molecule has 8 heteroatoms. The molecule has 1 aliphatic rings. The van der Waals surface area contributed by atoms with Gasteiger partial charge in [-0.2, -0.15) is 0 Å². The third-order valence-corrected chi connectivity index (χ3v) is 6.38. The molecule has 3 aromatic rings. The van der Waals surface area contributed by atoms with E-state index in [0.717, 1.165) is 53.8 Å². The molecule has 1 aliphatic heterocycles. The lowest BCUT2D eigenvalue weighted by atomic mass is 9.85. The van der Waals surface area contributed by atoms with Crippen LogP contribution in [-0.4, -0.2) is 44.0 Å². The predicted molar refractivity (Wildman–Crippen MR) is 125 cm³/mol. The topological polar surface area (TPSA) is 91.9 Å². The van der Waals surface area contributed by atoms with E-state index in [9.17, 15) is 9.59 Å². The molecule has 33 heavy (non-hydrogen) atoms. The van der Waals surface area contributed by atoms with Gasteiger partial charge in [0.2, 0.25) is 0 Å². The molecule has 4 heterocycles. The molecular weight excluding hydrogens is 418 g/mol. The van der Waals surface area contributed by atoms with E-state index >= 15 is 0 Å². The number of hydrogen-bond donors (Lipinski definition) is 0. The van der Waals surface area contributed by atoms with Crippen LogP contribution in [0.2, 0.25) is 0 Å². The van der Waals surface area contributed by atoms with Crippen LogP contribution in [0.4, 0.5) is 0 Å². The van der Waals surface area contributed by atoms with Crippen molar-refractivity contribution in [1.82, 2.24) is 24.5 Å². The van der Waals surface area contributed by atoms with E-state index in [1.807, 2.05) is 32.3 Å². The first-order valence-corrected chi connectivity index (χ1v) is 11.6. The summed E-state index contributed by atoms with van der Waals surface area (Å²) in [5, 5.41) is 8.57. The smallest absolute Gasteiger partial charge is 0.250 e. The minimum atomic E-state index is -0.0522. The lowest BCUT2D eigenvalue weighted by Crippen LogP contribution is -2.25. The Labute approximate surface area is 193 Å². The molecule has 0 amide bonds. The molecule has 0 aromatic carbocycles. The van der Waals surface area contributed by atoms with Crippen molar-refractivity contribution in [1.29, 1.82) is 0 Å². The van der Waals surface area contributed by atoms with Crippen molar-refractivity contribution in [3.63, 3.8) is 0 Å². The van der Waals surface area contributed by atoms with Crippen LogP contribution >= 0.6 is 0 Å². The summed E-state index contributed by atoms with van der Waals surface area (Å²) in [7, 11) is 1.83. The fourth-order valence-corrected chi connectivity index (χ4v) is 4.62. The number of nitrogens with zero attached hydrogens (tertiary/aromatic N) is 5. The quantitative estimate of drug-likeness (QED) is 0.491. The molecule has 0 spiro atoms. The molecule has 2 atom stereocenters. The average Bonchev–Trinajstić information content (AvgIpc) is 3.16. The number of aromatic nitrogens is 5. The summed E-state index contributed by atoms with van der Waals surface area (Å²) >= 11 is 0. The fraction of sp³-hybridized carbons (Fsp3) is 0.480.